The second kappa shape index (κ2) is 11.8. The molecule has 0 saturated carbocycles. The maximum absolute atomic E-state index is 6.18. The van der Waals surface area contributed by atoms with Crippen molar-refractivity contribution >= 4 is 36.4 Å². The van der Waals surface area contributed by atoms with Crippen LogP contribution in [0.25, 0.3) is 11.3 Å². The Morgan fingerprint density at radius 3 is 2.39 bits per heavy atom. The van der Waals surface area contributed by atoms with Crippen LogP contribution in [-0.4, -0.2) is 31.1 Å². The van der Waals surface area contributed by atoms with Gasteiger partial charge in [-0.1, -0.05) is 37.6 Å². The third kappa shape index (κ3) is 6.74. The van der Waals surface area contributed by atoms with E-state index in [4.69, 9.17) is 16.0 Å². The summed E-state index contributed by atoms with van der Waals surface area (Å²) in [6, 6.07) is 11.7. The second-order valence-corrected chi connectivity index (χ2v) is 5.36. The molecule has 1 heterocycles. The van der Waals surface area contributed by atoms with Gasteiger partial charge in [0, 0.05) is 18.7 Å². The van der Waals surface area contributed by atoms with Gasteiger partial charge in [0.2, 0.25) is 0 Å². The summed E-state index contributed by atoms with van der Waals surface area (Å²) in [5, 5.41) is 4.13. The Morgan fingerprint density at radius 2 is 1.74 bits per heavy atom. The van der Waals surface area contributed by atoms with Crippen LogP contribution in [0.2, 0.25) is 5.02 Å². The number of nitrogens with one attached hydrogen (secondary N) is 1. The zero-order valence-electron chi connectivity index (χ0n) is 13.5. The highest BCUT2D eigenvalue weighted by atomic mass is 35.5. The number of hydrogen-bond donors (Lipinski definition) is 1. The highest BCUT2D eigenvalue weighted by Crippen LogP contribution is 2.28. The summed E-state index contributed by atoms with van der Waals surface area (Å²) in [6.45, 7) is 9.32. The van der Waals surface area contributed by atoms with Crippen molar-refractivity contribution < 1.29 is 4.42 Å². The summed E-state index contributed by atoms with van der Waals surface area (Å²) < 4.78 is 5.85. The van der Waals surface area contributed by atoms with Crippen molar-refractivity contribution in [2.75, 3.05) is 26.2 Å². The fourth-order valence-electron chi connectivity index (χ4n) is 2.27. The van der Waals surface area contributed by atoms with Gasteiger partial charge in [-0.05, 0) is 37.4 Å². The SMILES string of the molecule is CCN(CC)CCNCc1ccc(-c2ccccc2Cl)o1.Cl.Cl. The molecule has 0 atom stereocenters. The van der Waals surface area contributed by atoms with Gasteiger partial charge in [0.15, 0.2) is 0 Å². The number of likely N-dealkylation sites (N-methyl/N-ethyl adjacent to an activating group) is 1. The maximum Gasteiger partial charge on any atom is 0.135 e. The molecule has 0 fully saturated rings. The van der Waals surface area contributed by atoms with Crippen LogP contribution < -0.4 is 5.32 Å². The van der Waals surface area contributed by atoms with Crippen LogP contribution in [0.1, 0.15) is 19.6 Å². The Morgan fingerprint density at radius 1 is 1.04 bits per heavy atom. The molecule has 6 heteroatoms. The summed E-state index contributed by atoms with van der Waals surface area (Å²) in [7, 11) is 0. The van der Waals surface area contributed by atoms with Gasteiger partial charge in [-0.25, -0.2) is 0 Å². The van der Waals surface area contributed by atoms with Crippen LogP contribution in [0.5, 0.6) is 0 Å². The van der Waals surface area contributed by atoms with Gasteiger partial charge >= 0.3 is 0 Å². The largest absolute Gasteiger partial charge is 0.460 e. The molecule has 130 valence electrons. The smallest absolute Gasteiger partial charge is 0.135 e. The van der Waals surface area contributed by atoms with E-state index >= 15 is 0 Å². The molecule has 0 unspecified atom stereocenters. The molecular formula is C17H25Cl3N2O. The van der Waals surface area contributed by atoms with E-state index in [0.29, 0.717) is 5.02 Å². The number of nitrogens with zero attached hydrogens (tertiary/aromatic N) is 1. The number of halogens is 3. The quantitative estimate of drug-likeness (QED) is 0.663. The van der Waals surface area contributed by atoms with E-state index in [1.165, 1.54) is 0 Å². The van der Waals surface area contributed by atoms with Crippen LogP contribution in [0.3, 0.4) is 0 Å². The lowest BCUT2D eigenvalue weighted by Crippen LogP contribution is -2.31. The highest BCUT2D eigenvalue weighted by molar-refractivity contribution is 6.33. The molecule has 1 aromatic heterocycles. The minimum absolute atomic E-state index is 0. The van der Waals surface area contributed by atoms with Gasteiger partial charge in [-0.15, -0.1) is 24.8 Å². The van der Waals surface area contributed by atoms with Crippen molar-refractivity contribution in [1.29, 1.82) is 0 Å². The number of rotatable bonds is 8. The molecule has 0 spiro atoms. The van der Waals surface area contributed by atoms with Crippen molar-refractivity contribution in [2.45, 2.75) is 20.4 Å². The van der Waals surface area contributed by atoms with Crippen LogP contribution in [0.4, 0.5) is 0 Å². The first-order valence-corrected chi connectivity index (χ1v) is 7.89. The number of furan rings is 1. The molecule has 0 saturated heterocycles. The Balaban J connectivity index is 0.00000242. The van der Waals surface area contributed by atoms with Gasteiger partial charge < -0.3 is 14.6 Å². The molecule has 0 aliphatic rings. The standard InChI is InChI=1S/C17H23ClN2O.2ClH/c1-3-20(4-2)12-11-19-13-14-9-10-17(21-14)15-7-5-6-8-16(15)18;;/h5-10,19H,3-4,11-13H2,1-2H3;2*1H. The van der Waals surface area contributed by atoms with Gasteiger partial charge in [0.25, 0.3) is 0 Å². The summed E-state index contributed by atoms with van der Waals surface area (Å²) in [4.78, 5) is 2.39. The molecule has 0 radical (unpaired) electrons. The predicted octanol–water partition coefficient (Wildman–Crippen LogP) is 4.88. The average Bonchev–Trinajstić information content (AvgIpc) is 2.96. The Hall–Kier alpha value is -0.710. The Bertz CT molecular complexity index is 556. The zero-order chi connectivity index (χ0) is 15.1. The molecule has 23 heavy (non-hydrogen) atoms. The molecule has 3 nitrogen and oxygen atoms in total. The summed E-state index contributed by atoms with van der Waals surface area (Å²) >= 11 is 6.18. The number of hydrogen-bond acceptors (Lipinski definition) is 3. The fraction of sp³-hybridized carbons (Fsp3) is 0.412. The Labute approximate surface area is 156 Å². The van der Waals surface area contributed by atoms with E-state index in [2.05, 4.69) is 24.1 Å². The molecule has 0 bridgehead atoms. The average molecular weight is 380 g/mol. The van der Waals surface area contributed by atoms with Crippen molar-refractivity contribution in [3.05, 3.63) is 47.2 Å². The molecule has 0 aliphatic heterocycles. The lowest BCUT2D eigenvalue weighted by molar-refractivity contribution is 0.300. The lowest BCUT2D eigenvalue weighted by atomic mass is 10.2. The van der Waals surface area contributed by atoms with Crippen molar-refractivity contribution in [3.8, 4) is 11.3 Å². The summed E-state index contributed by atoms with van der Waals surface area (Å²) in [6.07, 6.45) is 0. The minimum Gasteiger partial charge on any atom is -0.460 e. The molecule has 0 amide bonds. The number of benzene rings is 1. The van der Waals surface area contributed by atoms with E-state index in [9.17, 15) is 0 Å². The Kier molecular flexibility index (Phi) is 11.4. The van der Waals surface area contributed by atoms with E-state index in [-0.39, 0.29) is 24.8 Å². The second-order valence-electron chi connectivity index (χ2n) is 4.95. The van der Waals surface area contributed by atoms with Crippen LogP contribution in [0, 0.1) is 0 Å². The predicted molar refractivity (Wildman–Crippen MR) is 103 cm³/mol. The van der Waals surface area contributed by atoms with Gasteiger partial charge in [-0.2, -0.15) is 0 Å². The van der Waals surface area contributed by atoms with E-state index < -0.39 is 0 Å². The van der Waals surface area contributed by atoms with Crippen LogP contribution in [-0.2, 0) is 6.54 Å². The van der Waals surface area contributed by atoms with E-state index in [1.54, 1.807) is 0 Å². The van der Waals surface area contributed by atoms with Crippen molar-refractivity contribution in [1.82, 2.24) is 10.2 Å². The topological polar surface area (TPSA) is 28.4 Å². The molecule has 2 aromatic rings. The molecule has 1 N–H and O–H groups in total. The third-order valence-electron chi connectivity index (χ3n) is 3.60. The lowest BCUT2D eigenvalue weighted by Gasteiger charge is -2.17. The monoisotopic (exact) mass is 378 g/mol. The summed E-state index contributed by atoms with van der Waals surface area (Å²) in [5.41, 5.74) is 0.938. The zero-order valence-corrected chi connectivity index (χ0v) is 15.9. The first-order valence-electron chi connectivity index (χ1n) is 7.51. The normalized spacial score (nSPS) is 10.3. The van der Waals surface area contributed by atoms with Crippen molar-refractivity contribution in [3.63, 3.8) is 0 Å². The third-order valence-corrected chi connectivity index (χ3v) is 3.93. The highest BCUT2D eigenvalue weighted by Gasteiger charge is 2.07. The van der Waals surface area contributed by atoms with Gasteiger partial charge in [-0.3, -0.25) is 0 Å². The first-order chi connectivity index (χ1) is 10.2. The molecular weight excluding hydrogens is 355 g/mol. The van der Waals surface area contributed by atoms with Gasteiger partial charge in [0.1, 0.15) is 11.5 Å². The van der Waals surface area contributed by atoms with Gasteiger partial charge in [0.05, 0.1) is 11.6 Å². The minimum atomic E-state index is 0. The van der Waals surface area contributed by atoms with E-state index in [1.807, 2.05) is 36.4 Å². The fourth-order valence-corrected chi connectivity index (χ4v) is 2.50. The molecule has 0 aliphatic carbocycles. The summed E-state index contributed by atoms with van der Waals surface area (Å²) in [5.74, 6) is 1.76. The molecule has 2 rings (SSSR count). The van der Waals surface area contributed by atoms with Crippen LogP contribution in [0.15, 0.2) is 40.8 Å². The van der Waals surface area contributed by atoms with Crippen molar-refractivity contribution in [2.24, 2.45) is 0 Å². The molecule has 1 aromatic carbocycles. The van der Waals surface area contributed by atoms with E-state index in [0.717, 1.165) is 49.8 Å². The first kappa shape index (κ1) is 22.3. The van der Waals surface area contributed by atoms with Crippen LogP contribution >= 0.6 is 36.4 Å². The maximum atomic E-state index is 6.18.